The standard InChI is InChI=1S/C14H18O6/c15-13(16)6-7-18-8-9-19-10-11-20-14(17)12-4-2-1-3-5-12/h1-5H,6-11H2,(H,15,16). The van der Waals surface area contributed by atoms with E-state index in [1.54, 1.807) is 24.3 Å². The van der Waals surface area contributed by atoms with E-state index in [4.69, 9.17) is 19.3 Å². The van der Waals surface area contributed by atoms with Gasteiger partial charge in [-0.2, -0.15) is 0 Å². The highest BCUT2D eigenvalue weighted by atomic mass is 16.6. The molecule has 6 nitrogen and oxygen atoms in total. The van der Waals surface area contributed by atoms with Gasteiger partial charge in [-0.15, -0.1) is 0 Å². The van der Waals surface area contributed by atoms with Crippen LogP contribution in [-0.2, 0) is 19.0 Å². The van der Waals surface area contributed by atoms with Gasteiger partial charge in [-0.25, -0.2) is 4.79 Å². The van der Waals surface area contributed by atoms with Crippen molar-refractivity contribution < 1.29 is 28.9 Å². The Hall–Kier alpha value is -1.92. The Morgan fingerprint density at radius 1 is 0.900 bits per heavy atom. The Morgan fingerprint density at radius 3 is 2.15 bits per heavy atom. The number of carbonyl (C=O) groups is 2. The van der Waals surface area contributed by atoms with Crippen LogP contribution in [0.15, 0.2) is 30.3 Å². The Labute approximate surface area is 117 Å². The third-order valence-electron chi connectivity index (χ3n) is 2.30. The molecule has 0 bridgehead atoms. The summed E-state index contributed by atoms with van der Waals surface area (Å²) in [7, 11) is 0. The Kier molecular flexibility index (Phi) is 8.02. The van der Waals surface area contributed by atoms with Crippen LogP contribution in [0.2, 0.25) is 0 Å². The van der Waals surface area contributed by atoms with Crippen molar-refractivity contribution in [3.8, 4) is 0 Å². The van der Waals surface area contributed by atoms with Crippen LogP contribution in [0, 0.1) is 0 Å². The van der Waals surface area contributed by atoms with Gasteiger partial charge >= 0.3 is 11.9 Å². The molecule has 0 amide bonds. The van der Waals surface area contributed by atoms with Gasteiger partial charge in [0.15, 0.2) is 0 Å². The molecule has 0 aromatic heterocycles. The first-order valence-electron chi connectivity index (χ1n) is 6.29. The zero-order valence-electron chi connectivity index (χ0n) is 11.1. The second kappa shape index (κ2) is 9.94. The number of rotatable bonds is 10. The first-order valence-corrected chi connectivity index (χ1v) is 6.29. The number of carboxylic acid groups (broad SMARTS) is 1. The van der Waals surface area contributed by atoms with Crippen LogP contribution in [-0.4, -0.2) is 50.1 Å². The molecule has 0 atom stereocenters. The Morgan fingerprint density at radius 2 is 1.50 bits per heavy atom. The highest BCUT2D eigenvalue weighted by Crippen LogP contribution is 2.00. The van der Waals surface area contributed by atoms with Gasteiger partial charge in [0.1, 0.15) is 6.61 Å². The fourth-order valence-electron chi connectivity index (χ4n) is 1.33. The van der Waals surface area contributed by atoms with E-state index in [-0.39, 0.29) is 32.2 Å². The minimum atomic E-state index is -0.890. The third kappa shape index (κ3) is 7.50. The number of hydrogen-bond acceptors (Lipinski definition) is 5. The molecule has 110 valence electrons. The van der Waals surface area contributed by atoms with E-state index in [2.05, 4.69) is 0 Å². The van der Waals surface area contributed by atoms with E-state index in [9.17, 15) is 9.59 Å². The molecule has 1 rings (SSSR count). The number of carboxylic acids is 1. The predicted octanol–water partition coefficient (Wildman–Crippen LogP) is 1.35. The van der Waals surface area contributed by atoms with Crippen LogP contribution >= 0.6 is 0 Å². The summed E-state index contributed by atoms with van der Waals surface area (Å²) in [6, 6.07) is 8.71. The third-order valence-corrected chi connectivity index (χ3v) is 2.30. The average molecular weight is 282 g/mol. The van der Waals surface area contributed by atoms with Crippen LogP contribution in [0.1, 0.15) is 16.8 Å². The molecule has 0 spiro atoms. The lowest BCUT2D eigenvalue weighted by atomic mass is 10.2. The molecule has 0 fully saturated rings. The second-order valence-corrected chi connectivity index (χ2v) is 3.87. The summed E-state index contributed by atoms with van der Waals surface area (Å²) in [4.78, 5) is 21.7. The summed E-state index contributed by atoms with van der Waals surface area (Å²) in [6.07, 6.45) is -0.0192. The summed E-state index contributed by atoms with van der Waals surface area (Å²) in [5, 5.41) is 8.37. The van der Waals surface area contributed by atoms with E-state index in [0.717, 1.165) is 0 Å². The zero-order chi connectivity index (χ0) is 14.6. The van der Waals surface area contributed by atoms with Gasteiger partial charge in [-0.1, -0.05) is 18.2 Å². The van der Waals surface area contributed by atoms with Gasteiger partial charge in [0.2, 0.25) is 0 Å². The first kappa shape index (κ1) is 16.1. The summed E-state index contributed by atoms with van der Waals surface area (Å²) in [6.45, 7) is 1.27. The summed E-state index contributed by atoms with van der Waals surface area (Å²) in [5.41, 5.74) is 0.504. The lowest BCUT2D eigenvalue weighted by Crippen LogP contribution is -2.13. The summed E-state index contributed by atoms with van der Waals surface area (Å²) in [5.74, 6) is -1.27. The van der Waals surface area contributed by atoms with E-state index >= 15 is 0 Å². The number of hydrogen-bond donors (Lipinski definition) is 1. The van der Waals surface area contributed by atoms with Crippen molar-refractivity contribution in [3.63, 3.8) is 0 Å². The molecule has 1 aromatic rings. The summed E-state index contributed by atoms with van der Waals surface area (Å²) < 4.78 is 15.2. The number of esters is 1. The smallest absolute Gasteiger partial charge is 0.338 e. The van der Waals surface area contributed by atoms with Crippen LogP contribution in [0.4, 0.5) is 0 Å². The largest absolute Gasteiger partial charge is 0.481 e. The number of ether oxygens (including phenoxy) is 3. The van der Waals surface area contributed by atoms with Crippen molar-refractivity contribution in [2.75, 3.05) is 33.0 Å². The minimum Gasteiger partial charge on any atom is -0.481 e. The van der Waals surface area contributed by atoms with E-state index < -0.39 is 5.97 Å². The average Bonchev–Trinajstić information content (AvgIpc) is 2.46. The quantitative estimate of drug-likeness (QED) is 0.515. The molecule has 0 saturated heterocycles. The van der Waals surface area contributed by atoms with E-state index in [1.807, 2.05) is 6.07 Å². The molecule has 0 saturated carbocycles. The maximum atomic E-state index is 11.5. The van der Waals surface area contributed by atoms with Crippen molar-refractivity contribution >= 4 is 11.9 Å². The molecule has 0 unspecified atom stereocenters. The van der Waals surface area contributed by atoms with Gasteiger partial charge in [-0.3, -0.25) is 4.79 Å². The van der Waals surface area contributed by atoms with Gasteiger partial charge in [-0.05, 0) is 12.1 Å². The molecular formula is C14H18O6. The predicted molar refractivity (Wildman–Crippen MR) is 70.6 cm³/mol. The highest BCUT2D eigenvalue weighted by molar-refractivity contribution is 5.89. The molecule has 6 heteroatoms. The maximum Gasteiger partial charge on any atom is 0.338 e. The maximum absolute atomic E-state index is 11.5. The minimum absolute atomic E-state index is 0.0192. The van der Waals surface area contributed by atoms with Crippen molar-refractivity contribution in [3.05, 3.63) is 35.9 Å². The van der Waals surface area contributed by atoms with Crippen LogP contribution in [0.25, 0.3) is 0 Å². The molecule has 0 heterocycles. The van der Waals surface area contributed by atoms with Gasteiger partial charge in [0.25, 0.3) is 0 Å². The second-order valence-electron chi connectivity index (χ2n) is 3.87. The lowest BCUT2D eigenvalue weighted by molar-refractivity contribution is -0.138. The van der Waals surface area contributed by atoms with Gasteiger partial charge < -0.3 is 19.3 Å². The molecule has 20 heavy (non-hydrogen) atoms. The highest BCUT2D eigenvalue weighted by Gasteiger charge is 2.04. The fourth-order valence-corrected chi connectivity index (χ4v) is 1.33. The number of carbonyl (C=O) groups excluding carboxylic acids is 1. The first-order chi connectivity index (χ1) is 9.70. The number of aliphatic carboxylic acids is 1. The normalized spacial score (nSPS) is 10.2. The molecule has 1 aromatic carbocycles. The molecule has 0 aliphatic heterocycles. The van der Waals surface area contributed by atoms with Crippen molar-refractivity contribution in [2.24, 2.45) is 0 Å². The SMILES string of the molecule is O=C(O)CCOCCOCCOC(=O)c1ccccc1. The van der Waals surface area contributed by atoms with Gasteiger partial charge in [0, 0.05) is 0 Å². The molecule has 0 aliphatic carbocycles. The van der Waals surface area contributed by atoms with Crippen LogP contribution in [0.3, 0.4) is 0 Å². The Balaban J connectivity index is 1.95. The molecule has 0 radical (unpaired) electrons. The fraction of sp³-hybridized carbons (Fsp3) is 0.429. The number of benzene rings is 1. The van der Waals surface area contributed by atoms with Crippen molar-refractivity contribution in [1.29, 1.82) is 0 Å². The zero-order valence-corrected chi connectivity index (χ0v) is 11.1. The van der Waals surface area contributed by atoms with Crippen LogP contribution in [0.5, 0.6) is 0 Å². The summed E-state index contributed by atoms with van der Waals surface area (Å²) >= 11 is 0. The topological polar surface area (TPSA) is 82.1 Å². The lowest BCUT2D eigenvalue weighted by Gasteiger charge is -2.06. The van der Waals surface area contributed by atoms with Crippen molar-refractivity contribution in [2.45, 2.75) is 6.42 Å². The van der Waals surface area contributed by atoms with Gasteiger partial charge in [0.05, 0.1) is 38.4 Å². The molecule has 1 N–H and O–H groups in total. The molecular weight excluding hydrogens is 264 g/mol. The van der Waals surface area contributed by atoms with E-state index in [0.29, 0.717) is 18.8 Å². The monoisotopic (exact) mass is 282 g/mol. The Bertz CT molecular complexity index is 403. The van der Waals surface area contributed by atoms with Crippen LogP contribution < -0.4 is 0 Å². The van der Waals surface area contributed by atoms with E-state index in [1.165, 1.54) is 0 Å². The van der Waals surface area contributed by atoms with Crippen molar-refractivity contribution in [1.82, 2.24) is 0 Å². The molecule has 0 aliphatic rings.